The Kier molecular flexibility index (Phi) is 6.19. The van der Waals surface area contributed by atoms with Gasteiger partial charge in [0.2, 0.25) is 5.52 Å². The van der Waals surface area contributed by atoms with Gasteiger partial charge >= 0.3 is 0 Å². The van der Waals surface area contributed by atoms with Crippen molar-refractivity contribution >= 4 is 45.1 Å². The van der Waals surface area contributed by atoms with Gasteiger partial charge in [-0.3, -0.25) is 0 Å². The number of benzene rings is 2. The Labute approximate surface area is 217 Å². The van der Waals surface area contributed by atoms with Crippen molar-refractivity contribution in [2.75, 3.05) is 11.4 Å². The maximum atomic E-state index is 2.53. The molecule has 0 amide bonds. The molecule has 0 saturated heterocycles. The zero-order valence-electron chi connectivity index (χ0n) is 20.9. The van der Waals surface area contributed by atoms with Crippen LogP contribution in [0.2, 0.25) is 0 Å². The van der Waals surface area contributed by atoms with E-state index in [-0.39, 0.29) is 0 Å². The van der Waals surface area contributed by atoms with E-state index in [0.29, 0.717) is 5.92 Å². The number of nitrogens with zero attached hydrogens (tertiary/aromatic N) is 2. The number of aromatic nitrogens is 1. The molecule has 0 bridgehead atoms. The summed E-state index contributed by atoms with van der Waals surface area (Å²) in [5.41, 5.74) is 8.79. The fourth-order valence-corrected chi connectivity index (χ4v) is 8.27. The van der Waals surface area contributed by atoms with Gasteiger partial charge in [-0.25, -0.2) is 0 Å². The van der Waals surface area contributed by atoms with Crippen LogP contribution in [0.3, 0.4) is 0 Å². The van der Waals surface area contributed by atoms with Crippen LogP contribution < -0.4 is 9.47 Å². The largest absolute Gasteiger partial charge is 0.335 e. The van der Waals surface area contributed by atoms with E-state index in [1.807, 2.05) is 23.1 Å². The fourth-order valence-electron chi connectivity index (χ4n) is 5.88. The molecule has 2 nitrogen and oxygen atoms in total. The quantitative estimate of drug-likeness (QED) is 0.334. The molecule has 1 unspecified atom stereocenters. The molecule has 1 aromatic heterocycles. The molecule has 178 valence electrons. The molecule has 2 heterocycles. The number of hydrogen-bond donors (Lipinski definition) is 0. The van der Waals surface area contributed by atoms with Gasteiger partial charge in [-0.2, -0.15) is 4.57 Å². The van der Waals surface area contributed by atoms with Gasteiger partial charge < -0.3 is 4.90 Å². The summed E-state index contributed by atoms with van der Waals surface area (Å²) in [6, 6.07) is 17.6. The number of aryl methyl sites for hydroxylation is 1. The number of allylic oxidation sites excluding steroid dienone is 6. The van der Waals surface area contributed by atoms with Crippen molar-refractivity contribution in [3.63, 3.8) is 0 Å². The van der Waals surface area contributed by atoms with Crippen molar-refractivity contribution in [2.45, 2.75) is 57.9 Å². The Balaban J connectivity index is 1.36. The Morgan fingerprint density at radius 2 is 1.80 bits per heavy atom. The Bertz CT molecular complexity index is 1420. The Morgan fingerprint density at radius 1 is 1.00 bits per heavy atom. The summed E-state index contributed by atoms with van der Waals surface area (Å²) in [6.45, 7) is 8.89. The van der Waals surface area contributed by atoms with Gasteiger partial charge in [-0.1, -0.05) is 53.4 Å². The molecule has 35 heavy (non-hydrogen) atoms. The maximum absolute atomic E-state index is 2.53. The minimum atomic E-state index is 0.714. The molecule has 2 aliphatic carbocycles. The first-order chi connectivity index (χ1) is 17.2. The first kappa shape index (κ1) is 22.9. The molecule has 1 aliphatic heterocycles. The van der Waals surface area contributed by atoms with Crippen LogP contribution in [0.4, 0.5) is 5.69 Å². The summed E-state index contributed by atoms with van der Waals surface area (Å²) >= 11 is 3.84. The van der Waals surface area contributed by atoms with Gasteiger partial charge in [0.1, 0.15) is 11.2 Å². The number of thioether (sulfide) groups is 1. The average Bonchev–Trinajstić information content (AvgIpc) is 3.42. The molecule has 3 aromatic rings. The van der Waals surface area contributed by atoms with E-state index in [0.717, 1.165) is 13.1 Å². The van der Waals surface area contributed by atoms with Crippen molar-refractivity contribution in [3.05, 3.63) is 93.0 Å². The van der Waals surface area contributed by atoms with E-state index in [9.17, 15) is 0 Å². The van der Waals surface area contributed by atoms with Gasteiger partial charge in [-0.15, -0.1) is 0 Å². The zero-order chi connectivity index (χ0) is 23.9. The lowest BCUT2D eigenvalue weighted by atomic mass is 9.74. The predicted octanol–water partition coefficient (Wildman–Crippen LogP) is 8.51. The highest BCUT2D eigenvalue weighted by atomic mass is 32.2. The van der Waals surface area contributed by atoms with E-state index < -0.39 is 0 Å². The highest BCUT2D eigenvalue weighted by molar-refractivity contribution is 8.03. The van der Waals surface area contributed by atoms with E-state index >= 15 is 0 Å². The molecule has 1 atom stereocenters. The summed E-state index contributed by atoms with van der Waals surface area (Å²) in [4.78, 5) is 3.84. The van der Waals surface area contributed by atoms with E-state index in [4.69, 9.17) is 0 Å². The van der Waals surface area contributed by atoms with Crippen molar-refractivity contribution in [3.8, 4) is 0 Å². The second-order valence-electron chi connectivity index (χ2n) is 9.69. The molecule has 0 N–H and O–H groups in total. The van der Waals surface area contributed by atoms with Crippen molar-refractivity contribution in [1.82, 2.24) is 0 Å². The van der Waals surface area contributed by atoms with E-state index in [1.54, 1.807) is 5.57 Å². The Hall–Kier alpha value is -2.56. The van der Waals surface area contributed by atoms with Crippen LogP contribution >= 0.6 is 23.1 Å². The van der Waals surface area contributed by atoms with Crippen molar-refractivity contribution in [1.29, 1.82) is 0 Å². The highest BCUT2D eigenvalue weighted by Crippen LogP contribution is 2.47. The summed E-state index contributed by atoms with van der Waals surface area (Å²) < 4.78 is 3.85. The first-order valence-corrected chi connectivity index (χ1v) is 14.6. The standard InChI is InChI=1S/C31H33N2S2/c1-4-32-26-10-6-8-12-28(26)34-30(32)19-22-14-15-23-16-17-24(21(3)25(23)18-22)20-31-33(5-2)27-11-7-9-13-29(27)35-31/h6-13,18-20,23H,4-5,14-17H2,1-3H3/q+1. The topological polar surface area (TPSA) is 7.12 Å². The Morgan fingerprint density at radius 3 is 2.66 bits per heavy atom. The van der Waals surface area contributed by atoms with Crippen LogP contribution in [0.1, 0.15) is 51.5 Å². The van der Waals surface area contributed by atoms with Crippen molar-refractivity contribution < 1.29 is 4.57 Å². The normalized spacial score (nSPS) is 22.2. The maximum Gasteiger partial charge on any atom is 0.263 e. The number of anilines is 1. The number of para-hydroxylation sites is 2. The monoisotopic (exact) mass is 497 g/mol. The molecular formula is C31H33N2S2+. The highest BCUT2D eigenvalue weighted by Gasteiger charge is 2.29. The third kappa shape index (κ3) is 4.11. The number of thiazole rings is 1. The van der Waals surface area contributed by atoms with Gasteiger partial charge in [0.25, 0.3) is 5.01 Å². The van der Waals surface area contributed by atoms with Crippen LogP contribution in [-0.2, 0) is 6.54 Å². The second kappa shape index (κ2) is 9.48. The lowest BCUT2D eigenvalue weighted by Gasteiger charge is -2.31. The fraction of sp³-hybridized carbons (Fsp3) is 0.323. The van der Waals surface area contributed by atoms with Crippen molar-refractivity contribution in [2.24, 2.45) is 5.92 Å². The molecule has 2 aromatic carbocycles. The van der Waals surface area contributed by atoms with Gasteiger partial charge in [0.05, 0.1) is 10.7 Å². The molecule has 3 aliphatic rings. The molecule has 0 radical (unpaired) electrons. The van der Waals surface area contributed by atoms with Gasteiger partial charge in [-0.05, 0) is 98.9 Å². The van der Waals surface area contributed by atoms with Crippen LogP contribution in [-0.4, -0.2) is 6.54 Å². The zero-order valence-corrected chi connectivity index (χ0v) is 22.5. The molecular weight excluding hydrogens is 464 g/mol. The van der Waals surface area contributed by atoms with E-state index in [1.165, 1.54) is 73.2 Å². The summed E-state index contributed by atoms with van der Waals surface area (Å²) in [5, 5.41) is 2.75. The summed E-state index contributed by atoms with van der Waals surface area (Å²) in [7, 11) is 0. The van der Waals surface area contributed by atoms with Crippen LogP contribution in [0.25, 0.3) is 16.3 Å². The molecule has 0 fully saturated rings. The lowest BCUT2D eigenvalue weighted by Crippen LogP contribution is -2.33. The second-order valence-corrected chi connectivity index (χ2v) is 11.8. The van der Waals surface area contributed by atoms with Gasteiger partial charge in [0, 0.05) is 23.6 Å². The van der Waals surface area contributed by atoms with Crippen LogP contribution in [0, 0.1) is 5.92 Å². The average molecular weight is 498 g/mol. The van der Waals surface area contributed by atoms with Crippen LogP contribution in [0.5, 0.6) is 0 Å². The summed E-state index contributed by atoms with van der Waals surface area (Å²) in [6.07, 6.45) is 12.4. The smallest absolute Gasteiger partial charge is 0.263 e. The van der Waals surface area contributed by atoms with Gasteiger partial charge in [0.15, 0.2) is 0 Å². The number of rotatable bonds is 4. The first-order valence-electron chi connectivity index (χ1n) is 13.0. The molecule has 0 spiro atoms. The van der Waals surface area contributed by atoms with E-state index in [2.05, 4.69) is 97.0 Å². The third-order valence-electron chi connectivity index (χ3n) is 7.75. The molecule has 4 heteroatoms. The SMILES string of the molecule is CCN1/C(=C\C2=CC3=C(C)/C(=C/c4sc5ccccc5[n+]4CC)CCC3CC2)Sc2ccccc21. The van der Waals surface area contributed by atoms with Crippen LogP contribution in [0.15, 0.2) is 92.9 Å². The predicted molar refractivity (Wildman–Crippen MR) is 152 cm³/mol. The minimum absolute atomic E-state index is 0.714. The lowest BCUT2D eigenvalue weighted by molar-refractivity contribution is -0.665. The number of fused-ring (bicyclic) bond motifs is 3. The number of hydrogen-bond acceptors (Lipinski definition) is 3. The third-order valence-corrected chi connectivity index (χ3v) is 9.98. The molecule has 0 saturated carbocycles. The summed E-state index contributed by atoms with van der Waals surface area (Å²) in [5.74, 6) is 0.714. The minimum Gasteiger partial charge on any atom is -0.335 e. The molecule has 6 rings (SSSR count).